The molecule has 9 atom stereocenters. The van der Waals surface area contributed by atoms with Gasteiger partial charge < -0.3 is 45.8 Å². The highest BCUT2D eigenvalue weighted by Gasteiger charge is 2.47. The van der Waals surface area contributed by atoms with E-state index in [0.717, 1.165) is 20.1 Å². The molecule has 1 amide bonds. The van der Waals surface area contributed by atoms with Gasteiger partial charge in [0.2, 0.25) is 5.78 Å². The lowest BCUT2D eigenvalue weighted by Gasteiger charge is -2.38. The van der Waals surface area contributed by atoms with Crippen LogP contribution in [0.5, 0.6) is 11.5 Å². The molecule has 8 N–H and O–H groups in total. The van der Waals surface area contributed by atoms with Gasteiger partial charge in [-0.05, 0) is 46.3 Å². The van der Waals surface area contributed by atoms with Crippen molar-refractivity contribution < 1.29 is 64.5 Å². The lowest BCUT2D eigenvalue weighted by molar-refractivity contribution is -0.168. The van der Waals surface area contributed by atoms with Gasteiger partial charge in [-0.2, -0.15) is 0 Å². The third-order valence-corrected chi connectivity index (χ3v) is 9.99. The summed E-state index contributed by atoms with van der Waals surface area (Å²) in [6.07, 6.45) is -1.63. The number of Topliss-reactive ketones (excluding diaryl/α,β-unsaturated/α-hetero) is 3. The molecule has 0 fully saturated rings. The fourth-order valence-corrected chi connectivity index (χ4v) is 6.50. The van der Waals surface area contributed by atoms with E-state index in [9.17, 15) is 59.7 Å². The fourth-order valence-electron chi connectivity index (χ4n) is 6.50. The van der Waals surface area contributed by atoms with Gasteiger partial charge in [0, 0.05) is 34.5 Å². The van der Waals surface area contributed by atoms with E-state index in [1.165, 1.54) is 59.8 Å². The third-order valence-electron chi connectivity index (χ3n) is 9.99. The zero-order valence-electron chi connectivity index (χ0n) is 30.0. The summed E-state index contributed by atoms with van der Waals surface area (Å²) in [5, 5.41) is 80.8. The number of methoxy groups -OCH3 is 1. The smallest absolute Gasteiger partial charge is 0.313 e. The average molecular weight is 714 g/mol. The molecule has 0 saturated heterocycles. The van der Waals surface area contributed by atoms with E-state index in [2.05, 4.69) is 5.32 Å². The number of esters is 1. The van der Waals surface area contributed by atoms with E-state index >= 15 is 0 Å². The quantitative estimate of drug-likeness (QED) is 0.193. The molecule has 4 bridgehead atoms. The van der Waals surface area contributed by atoms with Gasteiger partial charge in [-0.15, -0.1) is 0 Å². The SMILES string of the molecule is COC(=O)C1C(O)C(C)C(O)C(C)C=CC=C(C)C(=O)NC2=C(C)C(=O)c3c(c(O)c(C)c(O)c3C2=O)C(=O)C(C)=CC(C)(O)C(O)C(C)C1O. The number of amides is 1. The molecule has 9 unspecified atom stereocenters. The van der Waals surface area contributed by atoms with Crippen molar-refractivity contribution in [3.8, 4) is 11.5 Å². The number of nitrogens with one attached hydrogen (secondary N) is 1. The number of aromatic hydroxyl groups is 2. The van der Waals surface area contributed by atoms with E-state index in [1.54, 1.807) is 6.92 Å². The Morgan fingerprint density at radius 3 is 1.86 bits per heavy atom. The number of rotatable bonds is 1. The summed E-state index contributed by atoms with van der Waals surface area (Å²) in [7, 11) is 1.02. The van der Waals surface area contributed by atoms with Crippen molar-refractivity contribution in [3.63, 3.8) is 0 Å². The van der Waals surface area contributed by atoms with Crippen molar-refractivity contribution in [2.45, 2.75) is 85.4 Å². The number of allylic oxidation sites excluding steroid dienone is 5. The molecule has 278 valence electrons. The van der Waals surface area contributed by atoms with E-state index in [0.29, 0.717) is 0 Å². The summed E-state index contributed by atoms with van der Waals surface area (Å²) in [6, 6.07) is 0. The number of benzene rings is 1. The summed E-state index contributed by atoms with van der Waals surface area (Å²) in [4.78, 5) is 67.6. The van der Waals surface area contributed by atoms with Gasteiger partial charge in [-0.25, -0.2) is 0 Å². The van der Waals surface area contributed by atoms with Crippen LogP contribution in [0.2, 0.25) is 0 Å². The number of carbonyl (C=O) groups excluding carboxylic acids is 5. The molecular weight excluding hydrogens is 666 g/mol. The van der Waals surface area contributed by atoms with E-state index in [4.69, 9.17) is 4.74 Å². The Morgan fingerprint density at radius 2 is 1.31 bits per heavy atom. The number of fused-ring (bicyclic) bond motifs is 15. The minimum Gasteiger partial charge on any atom is -0.507 e. The first-order valence-electron chi connectivity index (χ1n) is 16.3. The molecule has 1 aliphatic carbocycles. The number of carbonyl (C=O) groups is 5. The van der Waals surface area contributed by atoms with Crippen LogP contribution in [0.4, 0.5) is 0 Å². The van der Waals surface area contributed by atoms with Crippen LogP contribution in [0, 0.1) is 30.6 Å². The highest BCUT2D eigenvalue weighted by atomic mass is 16.5. The number of phenolic OH excluding ortho intramolecular Hbond substituents is 2. The molecule has 1 aromatic rings. The Kier molecular flexibility index (Phi) is 12.4. The molecule has 14 nitrogen and oxygen atoms in total. The van der Waals surface area contributed by atoms with Crippen molar-refractivity contribution in [1.29, 1.82) is 0 Å². The first kappa shape index (κ1) is 41.0. The van der Waals surface area contributed by atoms with E-state index in [-0.39, 0.29) is 22.3 Å². The van der Waals surface area contributed by atoms with Gasteiger partial charge >= 0.3 is 5.97 Å². The number of hydrogen-bond donors (Lipinski definition) is 8. The van der Waals surface area contributed by atoms with Gasteiger partial charge in [0.15, 0.2) is 11.6 Å². The lowest BCUT2D eigenvalue weighted by Crippen LogP contribution is -2.53. The van der Waals surface area contributed by atoms with Crippen LogP contribution in [0.15, 0.2) is 46.7 Å². The Bertz CT molecular complexity index is 1770. The highest BCUT2D eigenvalue weighted by Crippen LogP contribution is 2.43. The number of aliphatic hydroxyl groups is 5. The predicted molar refractivity (Wildman–Crippen MR) is 183 cm³/mol. The van der Waals surface area contributed by atoms with Crippen molar-refractivity contribution in [2.24, 2.45) is 23.7 Å². The second-order valence-electron chi connectivity index (χ2n) is 13.7. The highest BCUT2D eigenvalue weighted by molar-refractivity contribution is 6.32. The molecule has 4 rings (SSSR count). The van der Waals surface area contributed by atoms with Crippen LogP contribution in [-0.2, 0) is 14.3 Å². The van der Waals surface area contributed by atoms with Crippen molar-refractivity contribution in [2.75, 3.05) is 7.11 Å². The molecule has 0 spiro atoms. The number of phenols is 2. The predicted octanol–water partition coefficient (Wildman–Crippen LogP) is 1.71. The molecule has 14 heteroatoms. The summed E-state index contributed by atoms with van der Waals surface area (Å²) in [5.41, 5.74) is -5.67. The zero-order chi connectivity index (χ0) is 39.0. The minimum absolute atomic E-state index is 0.0574. The normalized spacial score (nSPS) is 31.6. The van der Waals surface area contributed by atoms with Crippen molar-refractivity contribution >= 4 is 29.2 Å². The summed E-state index contributed by atoms with van der Waals surface area (Å²) in [6.45, 7) is 10.4. The first-order valence-corrected chi connectivity index (χ1v) is 16.3. The molecule has 3 aliphatic rings. The second kappa shape index (κ2) is 15.4. The third kappa shape index (κ3) is 7.60. The zero-order valence-corrected chi connectivity index (χ0v) is 30.0. The average Bonchev–Trinajstić information content (AvgIpc) is 3.08. The van der Waals surface area contributed by atoms with Crippen molar-refractivity contribution in [1.82, 2.24) is 5.32 Å². The molecule has 2 heterocycles. The number of aliphatic hydroxyl groups excluding tert-OH is 4. The molecule has 0 saturated carbocycles. The maximum absolute atomic E-state index is 13.9. The minimum atomic E-state index is -2.34. The molecule has 2 aliphatic heterocycles. The maximum atomic E-state index is 13.9. The molecule has 0 radical (unpaired) electrons. The number of ether oxygens (including phenoxy) is 1. The van der Waals surface area contributed by atoms with E-state index in [1.807, 2.05) is 0 Å². The van der Waals surface area contributed by atoms with Crippen LogP contribution < -0.4 is 5.32 Å². The first-order chi connectivity index (χ1) is 23.5. The van der Waals surface area contributed by atoms with Crippen LogP contribution in [0.25, 0.3) is 0 Å². The Labute approximate surface area is 295 Å². The van der Waals surface area contributed by atoms with E-state index < -0.39 is 117 Å². The summed E-state index contributed by atoms with van der Waals surface area (Å²) in [5.74, 6) is -11.4. The van der Waals surface area contributed by atoms with Gasteiger partial charge in [0.25, 0.3) is 5.91 Å². The van der Waals surface area contributed by atoms with Crippen LogP contribution in [-0.4, -0.2) is 102 Å². The standard InChI is InChI=1S/C37H47NO13/c1-14-11-10-12-15(2)35(48)38-25-17(4)28(41)21-22(29(42)19(6)30(43)23(21)33(25)46)27(40)16(3)13-37(8,50)34(47)20(7)32(45)24(36(49)51-9)31(44)18(5)26(14)39/h10-14,18,20,24,26,31-32,34,39,42-45,47,50H,1-9H3,(H,38,48). The van der Waals surface area contributed by atoms with Crippen LogP contribution in [0.3, 0.4) is 0 Å². The molecule has 51 heavy (non-hydrogen) atoms. The summed E-state index contributed by atoms with van der Waals surface area (Å²) < 4.78 is 4.83. The maximum Gasteiger partial charge on any atom is 0.313 e. The monoisotopic (exact) mass is 713 g/mol. The van der Waals surface area contributed by atoms with Crippen LogP contribution >= 0.6 is 0 Å². The van der Waals surface area contributed by atoms with Crippen molar-refractivity contribution in [3.05, 3.63) is 69.0 Å². The Morgan fingerprint density at radius 1 is 0.784 bits per heavy atom. The topological polar surface area (TPSA) is 248 Å². The van der Waals surface area contributed by atoms with Gasteiger partial charge in [-0.3, -0.25) is 24.0 Å². The lowest BCUT2D eigenvalue weighted by atomic mass is 9.75. The van der Waals surface area contributed by atoms with Gasteiger partial charge in [0.1, 0.15) is 23.0 Å². The van der Waals surface area contributed by atoms with Gasteiger partial charge in [-0.1, -0.05) is 39.0 Å². The largest absolute Gasteiger partial charge is 0.507 e. The fraction of sp³-hybridized carbons (Fsp3) is 0.486. The van der Waals surface area contributed by atoms with Crippen LogP contribution in [0.1, 0.15) is 85.1 Å². The second-order valence-corrected chi connectivity index (χ2v) is 13.7. The molecule has 1 aromatic carbocycles. The molecule has 0 aromatic heterocycles. The van der Waals surface area contributed by atoms with Gasteiger partial charge in [0.05, 0.1) is 53.9 Å². The number of ketones is 3. The number of hydrogen-bond acceptors (Lipinski definition) is 13. The Hall–Kier alpha value is -4.47. The molecular formula is C37H47NO13. The Balaban J connectivity index is 2.32. The summed E-state index contributed by atoms with van der Waals surface area (Å²) >= 11 is 0.